The summed E-state index contributed by atoms with van der Waals surface area (Å²) in [7, 11) is 6.23. The molecule has 3 aromatic rings. The third-order valence-electron chi connectivity index (χ3n) is 4.25. The van der Waals surface area contributed by atoms with Crippen LogP contribution in [0.3, 0.4) is 0 Å². The van der Waals surface area contributed by atoms with Gasteiger partial charge in [-0.3, -0.25) is 4.79 Å². The number of nitrogens with one attached hydrogen (secondary N) is 1. The Kier molecular flexibility index (Phi) is 8.85. The Hall–Kier alpha value is -3.78. The van der Waals surface area contributed by atoms with Crippen LogP contribution in [0.25, 0.3) is 11.3 Å². The van der Waals surface area contributed by atoms with E-state index in [1.165, 1.54) is 12.1 Å². The summed E-state index contributed by atoms with van der Waals surface area (Å²) in [5.74, 6) is 0.705. The molecule has 0 unspecified atom stereocenters. The van der Waals surface area contributed by atoms with Gasteiger partial charge >= 0.3 is 0 Å². The molecule has 2 aromatic carbocycles. The SMILES string of the molecule is C[N+](C)(C)CCNC(=O)c1cccc(-c2ccc(Oc3ccc(F)cc3)cc2)n1.O=C[O-]. The standard InChI is InChI=1S/C23H24FN3O2.CH2O2/c1-27(2,3)16-15-25-23(28)22-6-4-5-21(26-22)17-7-11-19(12-8-17)29-20-13-9-18(24)10-14-20;2-1-3/h4-14H,15-16H2,1-3H3;1H,(H,2,3). The molecule has 7 nitrogen and oxygen atoms in total. The molecule has 168 valence electrons. The first-order valence-electron chi connectivity index (χ1n) is 9.87. The molecule has 0 atom stereocenters. The molecule has 0 fully saturated rings. The van der Waals surface area contributed by atoms with Gasteiger partial charge in [-0.25, -0.2) is 9.37 Å². The van der Waals surface area contributed by atoms with E-state index in [0.29, 0.717) is 29.4 Å². The van der Waals surface area contributed by atoms with Gasteiger partial charge in [0.15, 0.2) is 0 Å². The third kappa shape index (κ3) is 8.16. The number of halogens is 1. The van der Waals surface area contributed by atoms with Crippen LogP contribution in [0.2, 0.25) is 0 Å². The van der Waals surface area contributed by atoms with Crippen molar-refractivity contribution in [1.82, 2.24) is 10.3 Å². The normalized spacial score (nSPS) is 10.5. The molecule has 8 heteroatoms. The lowest BCUT2D eigenvalue weighted by Crippen LogP contribution is -2.42. The van der Waals surface area contributed by atoms with Crippen molar-refractivity contribution in [3.8, 4) is 22.8 Å². The minimum absolute atomic E-state index is 0.184. The van der Waals surface area contributed by atoms with Gasteiger partial charge in [-0.1, -0.05) is 6.07 Å². The highest BCUT2D eigenvalue weighted by Crippen LogP contribution is 2.25. The maximum atomic E-state index is 13.0. The summed E-state index contributed by atoms with van der Waals surface area (Å²) >= 11 is 0. The zero-order valence-corrected chi connectivity index (χ0v) is 18.2. The van der Waals surface area contributed by atoms with Gasteiger partial charge in [-0.2, -0.15) is 0 Å². The van der Waals surface area contributed by atoms with Crippen molar-refractivity contribution in [2.24, 2.45) is 0 Å². The number of ether oxygens (including phenoxy) is 1. The van der Waals surface area contributed by atoms with Crippen LogP contribution in [0.15, 0.2) is 66.7 Å². The molecule has 0 radical (unpaired) electrons. The number of likely N-dealkylation sites (N-methyl/N-ethyl adjacent to an activating group) is 1. The molecule has 1 heterocycles. The number of amides is 1. The average Bonchev–Trinajstić information content (AvgIpc) is 2.76. The number of carbonyl (C=O) groups excluding carboxylic acids is 2. The second-order valence-corrected chi connectivity index (χ2v) is 7.85. The van der Waals surface area contributed by atoms with E-state index in [1.54, 1.807) is 18.2 Å². The lowest BCUT2D eigenvalue weighted by molar-refractivity contribution is -0.869. The number of nitrogens with zero attached hydrogens (tertiary/aromatic N) is 2. The molecular formula is C24H26FN3O4. The molecule has 1 aromatic heterocycles. The number of pyridine rings is 1. The molecule has 0 bridgehead atoms. The number of benzene rings is 2. The van der Waals surface area contributed by atoms with E-state index in [9.17, 15) is 9.18 Å². The number of rotatable bonds is 7. The zero-order chi connectivity index (χ0) is 23.6. The van der Waals surface area contributed by atoms with Crippen LogP contribution < -0.4 is 15.2 Å². The molecule has 1 amide bonds. The van der Waals surface area contributed by atoms with Crippen LogP contribution in [0.4, 0.5) is 4.39 Å². The van der Waals surface area contributed by atoms with Gasteiger partial charge in [0.25, 0.3) is 5.91 Å². The number of hydrogen-bond donors (Lipinski definition) is 1. The van der Waals surface area contributed by atoms with Gasteiger partial charge < -0.3 is 24.4 Å². The Morgan fingerprint density at radius 3 is 2.16 bits per heavy atom. The summed E-state index contributed by atoms with van der Waals surface area (Å²) < 4.78 is 19.5. The predicted octanol–water partition coefficient (Wildman–Crippen LogP) is 2.48. The molecule has 1 N–H and O–H groups in total. The van der Waals surface area contributed by atoms with Crippen molar-refractivity contribution < 1.29 is 28.3 Å². The average molecular weight is 439 g/mol. The van der Waals surface area contributed by atoms with Crippen molar-refractivity contribution in [1.29, 1.82) is 0 Å². The molecule has 0 saturated carbocycles. The number of aromatic nitrogens is 1. The summed E-state index contributed by atoms with van der Waals surface area (Å²) in [5.41, 5.74) is 1.96. The number of quaternary nitrogens is 1. The van der Waals surface area contributed by atoms with Crippen molar-refractivity contribution in [2.75, 3.05) is 34.2 Å². The summed E-state index contributed by atoms with van der Waals surface area (Å²) in [6.07, 6.45) is 0. The summed E-state index contributed by atoms with van der Waals surface area (Å²) in [6, 6.07) is 18.6. The van der Waals surface area contributed by atoms with Gasteiger partial charge in [0.05, 0.1) is 39.9 Å². The lowest BCUT2D eigenvalue weighted by atomic mass is 10.1. The van der Waals surface area contributed by atoms with Crippen molar-refractivity contribution in [3.63, 3.8) is 0 Å². The van der Waals surface area contributed by atoms with Crippen LogP contribution in [-0.2, 0) is 4.79 Å². The minimum Gasteiger partial charge on any atom is -0.554 e. The lowest BCUT2D eigenvalue weighted by Gasteiger charge is -2.23. The van der Waals surface area contributed by atoms with Crippen LogP contribution >= 0.6 is 0 Å². The topological polar surface area (TPSA) is 91.3 Å². The monoisotopic (exact) mass is 439 g/mol. The first-order valence-corrected chi connectivity index (χ1v) is 9.87. The van der Waals surface area contributed by atoms with Crippen molar-refractivity contribution in [2.45, 2.75) is 0 Å². The maximum absolute atomic E-state index is 13.0. The second-order valence-electron chi connectivity index (χ2n) is 7.85. The van der Waals surface area contributed by atoms with E-state index in [1.807, 2.05) is 36.4 Å². The third-order valence-corrected chi connectivity index (χ3v) is 4.25. The molecule has 0 aliphatic heterocycles. The molecule has 0 aliphatic rings. The van der Waals surface area contributed by atoms with E-state index in [-0.39, 0.29) is 11.7 Å². The molecule has 3 rings (SSSR count). The number of hydrogen-bond acceptors (Lipinski definition) is 5. The Labute approximate surface area is 186 Å². The smallest absolute Gasteiger partial charge is 0.270 e. The Morgan fingerprint density at radius 2 is 1.59 bits per heavy atom. The molecule has 0 spiro atoms. The summed E-state index contributed by atoms with van der Waals surface area (Å²) in [5, 5.41) is 11.2. The minimum atomic E-state index is -0.500. The maximum Gasteiger partial charge on any atom is 0.270 e. The van der Waals surface area contributed by atoms with Crippen LogP contribution in [-0.4, -0.2) is 56.1 Å². The Bertz CT molecular complexity index is 1020. The van der Waals surface area contributed by atoms with Crippen LogP contribution in [0, 0.1) is 5.82 Å². The molecule has 32 heavy (non-hydrogen) atoms. The molecule has 0 saturated heterocycles. The fraction of sp³-hybridized carbons (Fsp3) is 0.208. The number of carboxylic acid groups (broad SMARTS) is 1. The van der Waals surface area contributed by atoms with E-state index in [4.69, 9.17) is 14.6 Å². The highest BCUT2D eigenvalue weighted by atomic mass is 19.1. The fourth-order valence-electron chi connectivity index (χ4n) is 2.65. The van der Waals surface area contributed by atoms with Gasteiger partial charge in [0.1, 0.15) is 23.0 Å². The quantitative estimate of drug-likeness (QED) is 0.451. The van der Waals surface area contributed by atoms with E-state index in [2.05, 4.69) is 31.4 Å². The number of carbonyl (C=O) groups is 2. The van der Waals surface area contributed by atoms with Gasteiger partial charge in [-0.15, -0.1) is 0 Å². The van der Waals surface area contributed by atoms with Crippen LogP contribution in [0.5, 0.6) is 11.5 Å². The summed E-state index contributed by atoms with van der Waals surface area (Å²) in [6.45, 7) is 0.921. The van der Waals surface area contributed by atoms with E-state index in [0.717, 1.165) is 16.6 Å². The first kappa shape index (κ1) is 24.5. The zero-order valence-electron chi connectivity index (χ0n) is 18.2. The van der Waals surface area contributed by atoms with Gasteiger partial charge in [0.2, 0.25) is 0 Å². The fourth-order valence-corrected chi connectivity index (χ4v) is 2.65. The second kappa shape index (κ2) is 11.6. The molecule has 0 aliphatic carbocycles. The Balaban J connectivity index is 0.00000114. The molecular weight excluding hydrogens is 413 g/mol. The van der Waals surface area contributed by atoms with E-state index >= 15 is 0 Å². The van der Waals surface area contributed by atoms with Crippen molar-refractivity contribution in [3.05, 3.63) is 78.2 Å². The Morgan fingerprint density at radius 1 is 1.03 bits per heavy atom. The highest BCUT2D eigenvalue weighted by molar-refractivity contribution is 5.92. The van der Waals surface area contributed by atoms with Gasteiger partial charge in [0, 0.05) is 12.0 Å². The van der Waals surface area contributed by atoms with Crippen molar-refractivity contribution >= 4 is 12.4 Å². The van der Waals surface area contributed by atoms with Crippen LogP contribution in [0.1, 0.15) is 10.5 Å². The first-order chi connectivity index (χ1) is 15.2. The highest BCUT2D eigenvalue weighted by Gasteiger charge is 2.11. The largest absolute Gasteiger partial charge is 0.554 e. The van der Waals surface area contributed by atoms with Gasteiger partial charge in [-0.05, 0) is 60.7 Å². The summed E-state index contributed by atoms with van der Waals surface area (Å²) in [4.78, 5) is 25.1. The predicted molar refractivity (Wildman–Crippen MR) is 117 cm³/mol. The van der Waals surface area contributed by atoms with E-state index < -0.39 is 6.47 Å².